The van der Waals surface area contributed by atoms with Gasteiger partial charge in [0, 0.05) is 47.0 Å². The molecule has 212 valence electrons. The van der Waals surface area contributed by atoms with Gasteiger partial charge in [0.25, 0.3) is 0 Å². The minimum Gasteiger partial charge on any atom is -0.472 e. The fraction of sp³-hybridized carbons (Fsp3) is 0.724. The number of carbonyl (C=O) groups excluding carboxylic acids is 4. The van der Waals surface area contributed by atoms with Crippen LogP contribution in [0.4, 0.5) is 0 Å². The summed E-state index contributed by atoms with van der Waals surface area (Å²) < 4.78 is 28.5. The highest BCUT2D eigenvalue weighted by atomic mass is 16.6. The van der Waals surface area contributed by atoms with E-state index in [1.54, 1.807) is 19.3 Å². The number of rotatable bonds is 4. The fourth-order valence-corrected chi connectivity index (χ4v) is 9.60. The maximum atomic E-state index is 14.5. The van der Waals surface area contributed by atoms with Gasteiger partial charge in [0.2, 0.25) is 0 Å². The lowest BCUT2D eigenvalue weighted by atomic mass is 9.36. The molecule has 5 fully saturated rings. The van der Waals surface area contributed by atoms with Crippen LogP contribution in [0.3, 0.4) is 0 Å². The molecule has 3 heterocycles. The van der Waals surface area contributed by atoms with Crippen LogP contribution in [-0.4, -0.2) is 59.3 Å². The van der Waals surface area contributed by atoms with E-state index < -0.39 is 81.3 Å². The zero-order valence-electron chi connectivity index (χ0n) is 23.1. The first-order valence-electron chi connectivity index (χ1n) is 13.6. The van der Waals surface area contributed by atoms with Gasteiger partial charge in [-0.1, -0.05) is 27.7 Å². The highest BCUT2D eigenvalue weighted by Crippen LogP contribution is 2.78. The number of fused-ring (bicyclic) bond motifs is 5. The number of Topliss-reactive ketones (excluding diaryl/α,β-unsaturated/α-hetero) is 1. The van der Waals surface area contributed by atoms with Gasteiger partial charge in [0.15, 0.2) is 11.4 Å². The van der Waals surface area contributed by atoms with Gasteiger partial charge in [0.05, 0.1) is 26.1 Å². The summed E-state index contributed by atoms with van der Waals surface area (Å²) in [6.45, 7) is 8.73. The summed E-state index contributed by atoms with van der Waals surface area (Å²) >= 11 is 0. The second kappa shape index (κ2) is 7.94. The highest BCUT2D eigenvalue weighted by Gasteiger charge is 2.90. The van der Waals surface area contributed by atoms with E-state index in [2.05, 4.69) is 6.92 Å². The zero-order chi connectivity index (χ0) is 28.3. The van der Waals surface area contributed by atoms with Gasteiger partial charge in [-0.3, -0.25) is 19.2 Å². The molecule has 5 aliphatic rings. The molecule has 0 amide bonds. The Kier molecular flexibility index (Phi) is 5.39. The van der Waals surface area contributed by atoms with Crippen LogP contribution in [0.1, 0.15) is 72.0 Å². The van der Waals surface area contributed by atoms with Gasteiger partial charge in [0.1, 0.15) is 23.9 Å². The molecule has 0 aromatic carbocycles. The second-order valence-electron chi connectivity index (χ2n) is 13.2. The molecule has 3 saturated carbocycles. The van der Waals surface area contributed by atoms with Gasteiger partial charge in [-0.05, 0) is 24.8 Å². The van der Waals surface area contributed by atoms with Crippen molar-refractivity contribution < 1.29 is 47.6 Å². The minimum absolute atomic E-state index is 0.0570. The van der Waals surface area contributed by atoms with Crippen LogP contribution >= 0.6 is 0 Å². The average Bonchev–Trinajstić information content (AvgIpc) is 3.36. The van der Waals surface area contributed by atoms with E-state index in [0.29, 0.717) is 12.8 Å². The minimum atomic E-state index is -2.15. The highest BCUT2D eigenvalue weighted by molar-refractivity contribution is 5.98. The number of cyclic esters (lactones) is 1. The van der Waals surface area contributed by atoms with E-state index in [4.69, 9.17) is 23.4 Å². The Bertz CT molecular complexity index is 1250. The number of ether oxygens (including phenoxy) is 4. The van der Waals surface area contributed by atoms with Crippen LogP contribution in [-0.2, 0) is 38.1 Å². The lowest BCUT2D eigenvalue weighted by Crippen LogP contribution is -2.80. The molecule has 10 heteroatoms. The molecule has 0 radical (unpaired) electrons. The summed E-state index contributed by atoms with van der Waals surface area (Å²) in [5, 5.41) is 12.4. The normalized spacial score (nSPS) is 47.2. The molecule has 1 N–H and O–H groups in total. The lowest BCUT2D eigenvalue weighted by molar-refractivity contribution is -0.250. The van der Waals surface area contributed by atoms with Gasteiger partial charge in [-0.25, -0.2) is 0 Å². The number of carbonyl (C=O) groups is 4. The third-order valence-corrected chi connectivity index (χ3v) is 11.2. The standard InChI is InChI=1S/C29H36O10/c1-14(30)37-23-25(2,3)17(11-19(31)35-6)27(5)16-7-9-26(4)18(29(16)24(39-29)28(23,34)22(27)33)12-20(32)38-21(26)15-8-10-36-13-15/h8,10,13,16-18,21,23-24,34H,7,9,11-12H2,1-6H3/t16-,17-,18+,21-,23-,24+,26+,27-,28+,29+/m0/s1. The second-order valence-corrected chi connectivity index (χ2v) is 13.2. The Morgan fingerprint density at radius 1 is 1.15 bits per heavy atom. The number of furan rings is 1. The molecule has 0 unspecified atom stereocenters. The Labute approximate surface area is 226 Å². The third kappa shape index (κ3) is 3.05. The quantitative estimate of drug-likeness (QED) is 0.342. The van der Waals surface area contributed by atoms with Crippen LogP contribution in [0.25, 0.3) is 0 Å². The number of hydrogen-bond donors (Lipinski definition) is 1. The molecule has 1 aromatic rings. The van der Waals surface area contributed by atoms with E-state index in [1.165, 1.54) is 20.3 Å². The lowest BCUT2D eigenvalue weighted by Gasteiger charge is -2.66. The maximum absolute atomic E-state index is 14.5. The van der Waals surface area contributed by atoms with Crippen LogP contribution < -0.4 is 0 Å². The summed E-state index contributed by atoms with van der Waals surface area (Å²) in [4.78, 5) is 52.6. The van der Waals surface area contributed by atoms with Gasteiger partial charge in [-0.2, -0.15) is 0 Å². The zero-order valence-corrected chi connectivity index (χ0v) is 23.1. The van der Waals surface area contributed by atoms with Crippen molar-refractivity contribution in [3.05, 3.63) is 24.2 Å². The summed E-state index contributed by atoms with van der Waals surface area (Å²) in [5.74, 6) is -3.44. The molecule has 2 bridgehead atoms. The van der Waals surface area contributed by atoms with Crippen molar-refractivity contribution in [3.63, 3.8) is 0 Å². The number of esters is 3. The average molecular weight is 545 g/mol. The predicted molar refractivity (Wildman–Crippen MR) is 132 cm³/mol. The van der Waals surface area contributed by atoms with Crippen molar-refractivity contribution >= 4 is 23.7 Å². The number of epoxide rings is 1. The first-order chi connectivity index (χ1) is 18.2. The first-order valence-corrected chi connectivity index (χ1v) is 13.6. The van der Waals surface area contributed by atoms with E-state index in [0.717, 1.165) is 5.56 Å². The maximum Gasteiger partial charge on any atom is 0.306 e. The molecule has 1 aromatic heterocycles. The van der Waals surface area contributed by atoms with Gasteiger partial charge >= 0.3 is 17.9 Å². The van der Waals surface area contributed by atoms with Crippen molar-refractivity contribution in [1.82, 2.24) is 0 Å². The Balaban J connectivity index is 1.54. The predicted octanol–water partition coefficient (Wildman–Crippen LogP) is 2.91. The summed E-state index contributed by atoms with van der Waals surface area (Å²) in [7, 11) is 1.29. The summed E-state index contributed by atoms with van der Waals surface area (Å²) in [6, 6.07) is 1.78. The number of methoxy groups -OCH3 is 1. The Hall–Kier alpha value is -2.72. The van der Waals surface area contributed by atoms with Crippen LogP contribution in [0.5, 0.6) is 0 Å². The van der Waals surface area contributed by atoms with Crippen LogP contribution in [0.2, 0.25) is 0 Å². The molecule has 1 spiro atoms. The Morgan fingerprint density at radius 2 is 1.87 bits per heavy atom. The first kappa shape index (κ1) is 26.5. The molecule has 2 saturated heterocycles. The van der Waals surface area contributed by atoms with E-state index >= 15 is 0 Å². The molecule has 10 nitrogen and oxygen atoms in total. The third-order valence-electron chi connectivity index (χ3n) is 11.2. The molecule has 3 aliphatic carbocycles. The molecular weight excluding hydrogens is 508 g/mol. The largest absolute Gasteiger partial charge is 0.472 e. The number of hydrogen-bond acceptors (Lipinski definition) is 10. The number of aliphatic hydroxyl groups is 1. The van der Waals surface area contributed by atoms with Gasteiger partial charge in [-0.15, -0.1) is 0 Å². The number of ketones is 1. The van der Waals surface area contributed by atoms with Crippen molar-refractivity contribution in [1.29, 1.82) is 0 Å². The van der Waals surface area contributed by atoms with Crippen molar-refractivity contribution in [2.75, 3.05) is 7.11 Å². The molecule has 39 heavy (non-hydrogen) atoms. The van der Waals surface area contributed by atoms with Crippen molar-refractivity contribution in [3.8, 4) is 0 Å². The SMILES string of the molecule is COC(=O)C[C@H]1C(C)(C)[C@H](OC(C)=O)[C@]2(O)C(=O)[C@@]1(C)[C@@H]1CC[C@]3(C)[C@@H](CC(=O)O[C@H]3c3ccoc3)[C@]13O[C@H]23. The monoisotopic (exact) mass is 544 g/mol. The topological polar surface area (TPSA) is 142 Å². The van der Waals surface area contributed by atoms with E-state index in [9.17, 15) is 24.3 Å². The van der Waals surface area contributed by atoms with E-state index in [-0.39, 0.29) is 18.8 Å². The van der Waals surface area contributed by atoms with Gasteiger partial charge < -0.3 is 28.5 Å². The molecule has 2 aliphatic heterocycles. The van der Waals surface area contributed by atoms with E-state index in [1.807, 2.05) is 13.8 Å². The molecule has 10 atom stereocenters. The fourth-order valence-electron chi connectivity index (χ4n) is 9.60. The Morgan fingerprint density at radius 3 is 2.49 bits per heavy atom. The summed E-state index contributed by atoms with van der Waals surface area (Å²) in [5.41, 5.74) is -5.24. The summed E-state index contributed by atoms with van der Waals surface area (Å²) in [6.07, 6.45) is 1.42. The van der Waals surface area contributed by atoms with Crippen molar-refractivity contribution in [2.45, 2.75) is 89.8 Å². The molecule has 6 rings (SSSR count). The molecular formula is C29H36O10. The van der Waals surface area contributed by atoms with Crippen LogP contribution in [0, 0.1) is 34.0 Å². The smallest absolute Gasteiger partial charge is 0.306 e. The van der Waals surface area contributed by atoms with Crippen LogP contribution in [0.15, 0.2) is 23.0 Å². The van der Waals surface area contributed by atoms with Crippen molar-refractivity contribution in [2.24, 2.45) is 34.0 Å².